The number of amides is 1. The molecule has 0 aromatic heterocycles. The lowest BCUT2D eigenvalue weighted by Gasteiger charge is -2.28. The first kappa shape index (κ1) is 17.6. The molecular weight excluding hydrogens is 290 g/mol. The average molecular weight is 316 g/mol. The van der Waals surface area contributed by atoms with Crippen LogP contribution in [0.4, 0.5) is 0 Å². The Morgan fingerprint density at radius 3 is 2.57 bits per heavy atom. The molecule has 5 nitrogen and oxygen atoms in total. The van der Waals surface area contributed by atoms with E-state index >= 15 is 0 Å². The first-order valence-corrected chi connectivity index (χ1v) is 8.23. The molecule has 1 amide bonds. The highest BCUT2D eigenvalue weighted by molar-refractivity contribution is 5.94. The minimum atomic E-state index is -0.718. The Bertz CT molecular complexity index is 544. The molecule has 1 fully saturated rings. The van der Waals surface area contributed by atoms with E-state index in [1.807, 2.05) is 13.8 Å². The highest BCUT2D eigenvalue weighted by Crippen LogP contribution is 2.24. The van der Waals surface area contributed by atoms with E-state index in [2.05, 4.69) is 6.07 Å². The van der Waals surface area contributed by atoms with Gasteiger partial charge in [0.15, 0.2) is 5.78 Å². The molecule has 1 radical (unpaired) electrons. The molecule has 1 aliphatic heterocycles. The number of nitrogens with two attached hydrogens (primary N) is 2. The van der Waals surface area contributed by atoms with Gasteiger partial charge in [0.05, 0.1) is 18.1 Å². The molecule has 23 heavy (non-hydrogen) atoms. The van der Waals surface area contributed by atoms with Crippen LogP contribution in [0.25, 0.3) is 0 Å². The van der Waals surface area contributed by atoms with E-state index in [0.717, 1.165) is 12.0 Å². The SMILES string of the molecule is CC(C)C[C@@H](N)C(=O)N1CCC[C@@H]1C(=O)C(N)c1cc[c]cc1. The quantitative estimate of drug-likeness (QED) is 0.830. The van der Waals surface area contributed by atoms with Gasteiger partial charge in [-0.05, 0) is 36.8 Å². The summed E-state index contributed by atoms with van der Waals surface area (Å²) >= 11 is 0. The van der Waals surface area contributed by atoms with Crippen molar-refractivity contribution < 1.29 is 9.59 Å². The summed E-state index contributed by atoms with van der Waals surface area (Å²) in [6.07, 6.45) is 2.09. The molecular formula is C18H26N3O2. The summed E-state index contributed by atoms with van der Waals surface area (Å²) in [6.45, 7) is 4.64. The molecule has 5 heteroatoms. The van der Waals surface area contributed by atoms with Crippen LogP contribution in [-0.4, -0.2) is 35.2 Å². The molecule has 0 aliphatic carbocycles. The van der Waals surface area contributed by atoms with Crippen LogP contribution in [0.3, 0.4) is 0 Å². The van der Waals surface area contributed by atoms with Crippen molar-refractivity contribution >= 4 is 11.7 Å². The van der Waals surface area contributed by atoms with Crippen LogP contribution in [-0.2, 0) is 9.59 Å². The van der Waals surface area contributed by atoms with Crippen molar-refractivity contribution in [2.75, 3.05) is 6.54 Å². The lowest BCUT2D eigenvalue weighted by Crippen LogP contribution is -2.50. The maximum Gasteiger partial charge on any atom is 0.240 e. The fraction of sp³-hybridized carbons (Fsp3) is 0.556. The van der Waals surface area contributed by atoms with Gasteiger partial charge in [-0.1, -0.05) is 38.1 Å². The fourth-order valence-corrected chi connectivity index (χ4v) is 3.13. The molecule has 0 bridgehead atoms. The molecule has 1 aromatic carbocycles. The van der Waals surface area contributed by atoms with E-state index in [1.54, 1.807) is 29.2 Å². The van der Waals surface area contributed by atoms with Gasteiger partial charge in [-0.25, -0.2) is 0 Å². The molecule has 3 atom stereocenters. The second-order valence-electron chi connectivity index (χ2n) is 6.64. The Balaban J connectivity index is 2.09. The van der Waals surface area contributed by atoms with Crippen molar-refractivity contribution in [3.63, 3.8) is 0 Å². The summed E-state index contributed by atoms with van der Waals surface area (Å²) in [4.78, 5) is 26.9. The van der Waals surface area contributed by atoms with Gasteiger partial charge in [-0.2, -0.15) is 0 Å². The van der Waals surface area contributed by atoms with Gasteiger partial charge in [-0.3, -0.25) is 9.59 Å². The third-order valence-corrected chi connectivity index (χ3v) is 4.32. The van der Waals surface area contributed by atoms with Crippen LogP contribution in [0.15, 0.2) is 24.3 Å². The average Bonchev–Trinajstić information content (AvgIpc) is 3.02. The van der Waals surface area contributed by atoms with E-state index in [-0.39, 0.29) is 11.7 Å². The number of Topliss-reactive ketones (excluding diaryl/α,β-unsaturated/α-hetero) is 1. The third-order valence-electron chi connectivity index (χ3n) is 4.32. The number of ketones is 1. The second kappa shape index (κ2) is 7.70. The number of nitrogens with zero attached hydrogens (tertiary/aromatic N) is 1. The van der Waals surface area contributed by atoms with Crippen molar-refractivity contribution in [1.82, 2.24) is 4.90 Å². The molecule has 4 N–H and O–H groups in total. The zero-order valence-corrected chi connectivity index (χ0v) is 13.9. The summed E-state index contributed by atoms with van der Waals surface area (Å²) in [5, 5.41) is 0. The number of hydrogen-bond donors (Lipinski definition) is 2. The highest BCUT2D eigenvalue weighted by Gasteiger charge is 2.38. The minimum absolute atomic E-state index is 0.112. The van der Waals surface area contributed by atoms with Gasteiger partial charge >= 0.3 is 0 Å². The molecule has 1 saturated heterocycles. The summed E-state index contributed by atoms with van der Waals surface area (Å²) in [6, 6.07) is 8.22. The number of carbonyl (C=O) groups excluding carboxylic acids is 2. The standard InChI is InChI=1S/C18H26N3O2/c1-12(2)11-14(19)18(23)21-10-6-9-15(21)17(22)16(20)13-7-4-3-5-8-13/h4-5,7-8,12,14-16H,6,9-11,19-20H2,1-2H3/t14-,15-,16?/m1/s1. The van der Waals surface area contributed by atoms with Gasteiger partial charge in [-0.15, -0.1) is 0 Å². The lowest BCUT2D eigenvalue weighted by atomic mass is 9.96. The van der Waals surface area contributed by atoms with E-state index in [9.17, 15) is 9.59 Å². The van der Waals surface area contributed by atoms with Crippen LogP contribution < -0.4 is 11.5 Å². The monoisotopic (exact) mass is 316 g/mol. The maximum absolute atomic E-state index is 12.7. The third kappa shape index (κ3) is 4.18. The van der Waals surface area contributed by atoms with E-state index < -0.39 is 18.1 Å². The molecule has 2 rings (SSSR count). The number of hydrogen-bond acceptors (Lipinski definition) is 4. The van der Waals surface area contributed by atoms with Crippen molar-refractivity contribution in [2.45, 2.75) is 51.2 Å². The number of rotatable bonds is 6. The highest BCUT2D eigenvalue weighted by atomic mass is 16.2. The lowest BCUT2D eigenvalue weighted by molar-refractivity contribution is -0.139. The predicted octanol–water partition coefficient (Wildman–Crippen LogP) is 1.42. The minimum Gasteiger partial charge on any atom is -0.331 e. The Morgan fingerprint density at radius 1 is 1.30 bits per heavy atom. The number of carbonyl (C=O) groups is 2. The first-order valence-electron chi connectivity index (χ1n) is 8.23. The number of benzene rings is 1. The van der Waals surface area contributed by atoms with Gasteiger partial charge in [0.1, 0.15) is 0 Å². The van der Waals surface area contributed by atoms with Crippen molar-refractivity contribution in [3.8, 4) is 0 Å². The van der Waals surface area contributed by atoms with Gasteiger partial charge < -0.3 is 16.4 Å². The van der Waals surface area contributed by atoms with Gasteiger partial charge in [0.2, 0.25) is 5.91 Å². The smallest absolute Gasteiger partial charge is 0.240 e. The van der Waals surface area contributed by atoms with Crippen LogP contribution in [0.2, 0.25) is 0 Å². The summed E-state index contributed by atoms with van der Waals surface area (Å²) in [7, 11) is 0. The van der Waals surface area contributed by atoms with E-state index in [0.29, 0.717) is 25.3 Å². The topological polar surface area (TPSA) is 89.4 Å². The predicted molar refractivity (Wildman–Crippen MR) is 89.4 cm³/mol. The Labute approximate surface area is 138 Å². The van der Waals surface area contributed by atoms with E-state index in [1.165, 1.54) is 0 Å². The second-order valence-corrected chi connectivity index (χ2v) is 6.64. The zero-order chi connectivity index (χ0) is 17.0. The van der Waals surface area contributed by atoms with Crippen LogP contribution in [0.5, 0.6) is 0 Å². The first-order chi connectivity index (χ1) is 10.9. The van der Waals surface area contributed by atoms with Crippen LogP contribution >= 0.6 is 0 Å². The number of likely N-dealkylation sites (tertiary alicyclic amines) is 1. The molecule has 1 unspecified atom stereocenters. The van der Waals surface area contributed by atoms with Crippen LogP contribution in [0.1, 0.15) is 44.7 Å². The normalized spacial score (nSPS) is 20.6. The van der Waals surface area contributed by atoms with E-state index in [4.69, 9.17) is 11.5 Å². The van der Waals surface area contributed by atoms with Crippen LogP contribution in [0, 0.1) is 12.0 Å². The molecule has 125 valence electrons. The Morgan fingerprint density at radius 2 is 1.96 bits per heavy atom. The summed E-state index contributed by atoms with van der Waals surface area (Å²) < 4.78 is 0. The van der Waals surface area contributed by atoms with Crippen molar-refractivity contribution in [1.29, 1.82) is 0 Å². The molecule has 1 aliphatic rings. The Kier molecular flexibility index (Phi) is 5.91. The van der Waals surface area contributed by atoms with Gasteiger partial charge in [0.25, 0.3) is 0 Å². The summed E-state index contributed by atoms with van der Waals surface area (Å²) in [5.74, 6) is 0.0930. The maximum atomic E-state index is 12.7. The molecule has 1 heterocycles. The molecule has 0 spiro atoms. The molecule has 0 saturated carbocycles. The van der Waals surface area contributed by atoms with Crippen molar-refractivity contribution in [2.24, 2.45) is 17.4 Å². The fourth-order valence-electron chi connectivity index (χ4n) is 3.13. The molecule has 1 aromatic rings. The largest absolute Gasteiger partial charge is 0.331 e. The zero-order valence-electron chi connectivity index (χ0n) is 13.9. The Hall–Kier alpha value is -1.72. The van der Waals surface area contributed by atoms with Gasteiger partial charge in [0, 0.05) is 6.54 Å². The van der Waals surface area contributed by atoms with Crippen molar-refractivity contribution in [3.05, 3.63) is 35.9 Å². The summed E-state index contributed by atoms with van der Waals surface area (Å²) in [5.41, 5.74) is 12.9.